The average molecular weight is 295 g/mol. The molecule has 0 fully saturated rings. The molecule has 118 valence electrons. The lowest BCUT2D eigenvalue weighted by atomic mass is 10.2. The van der Waals surface area contributed by atoms with Gasteiger partial charge in [0.15, 0.2) is 6.61 Å². The molecule has 0 aromatic heterocycles. The number of carbonyl (C=O) groups excluding carboxylic acids is 1. The highest BCUT2D eigenvalue weighted by molar-refractivity contribution is 5.71. The number of carbonyl (C=O) groups is 1. The first-order valence-electron chi connectivity index (χ1n) is 7.45. The quantitative estimate of drug-likeness (QED) is 0.531. The molecule has 0 saturated heterocycles. The smallest absolute Gasteiger partial charge is 0.344 e. The first-order chi connectivity index (χ1) is 10.2. The minimum Gasteiger partial charge on any atom is -0.493 e. The predicted molar refractivity (Wildman–Crippen MR) is 81.5 cm³/mol. The van der Waals surface area contributed by atoms with E-state index in [1.54, 1.807) is 6.07 Å². The fourth-order valence-electron chi connectivity index (χ4n) is 1.66. The van der Waals surface area contributed by atoms with Crippen LogP contribution in [0.1, 0.15) is 38.7 Å². The lowest BCUT2D eigenvalue weighted by Crippen LogP contribution is -2.16. The third-order valence-electron chi connectivity index (χ3n) is 2.84. The third kappa shape index (κ3) is 6.49. The first kappa shape index (κ1) is 17.3. The van der Waals surface area contributed by atoms with Crippen LogP contribution in [0.15, 0.2) is 18.2 Å². The Morgan fingerprint density at radius 1 is 1.14 bits per heavy atom. The van der Waals surface area contributed by atoms with Gasteiger partial charge in [0.1, 0.15) is 11.5 Å². The minimum absolute atomic E-state index is 0.117. The van der Waals surface area contributed by atoms with Crippen LogP contribution in [0.4, 0.5) is 0 Å². The van der Waals surface area contributed by atoms with Crippen LogP contribution in [0.2, 0.25) is 0 Å². The van der Waals surface area contributed by atoms with Crippen molar-refractivity contribution in [3.63, 3.8) is 0 Å². The molecule has 0 bridgehead atoms. The van der Waals surface area contributed by atoms with Gasteiger partial charge >= 0.3 is 5.97 Å². The van der Waals surface area contributed by atoms with Crippen molar-refractivity contribution in [1.82, 2.24) is 0 Å². The normalized spacial score (nSPS) is 10.2. The number of rotatable bonds is 10. The molecule has 21 heavy (non-hydrogen) atoms. The maximum Gasteiger partial charge on any atom is 0.344 e. The van der Waals surface area contributed by atoms with Crippen molar-refractivity contribution in [2.75, 3.05) is 19.8 Å². The number of benzene rings is 1. The third-order valence-corrected chi connectivity index (χ3v) is 2.84. The number of esters is 1. The topological polar surface area (TPSA) is 70.8 Å². The predicted octanol–water partition coefficient (Wildman–Crippen LogP) is 2.66. The van der Waals surface area contributed by atoms with E-state index in [2.05, 4.69) is 0 Å². The van der Waals surface area contributed by atoms with Gasteiger partial charge in [0.2, 0.25) is 0 Å². The number of ether oxygens (including phenoxy) is 3. The molecule has 0 saturated carbocycles. The second-order valence-electron chi connectivity index (χ2n) is 4.68. The van der Waals surface area contributed by atoms with Gasteiger partial charge in [-0.05, 0) is 18.9 Å². The SMILES string of the molecule is CCCCOC(=O)COc1cc(OCCC)ccc1CN. The zero-order chi connectivity index (χ0) is 15.5. The summed E-state index contributed by atoms with van der Waals surface area (Å²) in [6.07, 6.45) is 2.78. The largest absolute Gasteiger partial charge is 0.493 e. The van der Waals surface area contributed by atoms with Gasteiger partial charge in [-0.2, -0.15) is 0 Å². The highest BCUT2D eigenvalue weighted by atomic mass is 16.6. The summed E-state index contributed by atoms with van der Waals surface area (Å²) >= 11 is 0. The molecule has 0 radical (unpaired) electrons. The molecule has 2 N–H and O–H groups in total. The van der Waals surface area contributed by atoms with Crippen LogP contribution < -0.4 is 15.2 Å². The van der Waals surface area contributed by atoms with Crippen molar-refractivity contribution >= 4 is 5.97 Å². The van der Waals surface area contributed by atoms with Crippen molar-refractivity contribution in [1.29, 1.82) is 0 Å². The van der Waals surface area contributed by atoms with E-state index in [9.17, 15) is 4.79 Å². The maximum atomic E-state index is 11.5. The molecule has 5 heteroatoms. The Labute approximate surface area is 126 Å². The van der Waals surface area contributed by atoms with Crippen LogP contribution in [-0.2, 0) is 16.1 Å². The molecule has 1 rings (SSSR count). The van der Waals surface area contributed by atoms with E-state index in [4.69, 9.17) is 19.9 Å². The van der Waals surface area contributed by atoms with Crippen molar-refractivity contribution in [3.8, 4) is 11.5 Å². The molecule has 0 unspecified atom stereocenters. The fourth-order valence-corrected chi connectivity index (χ4v) is 1.66. The van der Waals surface area contributed by atoms with Gasteiger partial charge in [-0.25, -0.2) is 4.79 Å². The van der Waals surface area contributed by atoms with E-state index in [1.807, 2.05) is 26.0 Å². The summed E-state index contributed by atoms with van der Waals surface area (Å²) in [5, 5.41) is 0. The van der Waals surface area contributed by atoms with E-state index < -0.39 is 0 Å². The standard InChI is InChI=1S/C16H25NO4/c1-3-5-9-20-16(18)12-21-15-10-14(19-8-4-2)7-6-13(15)11-17/h6-7,10H,3-5,8-9,11-12,17H2,1-2H3. The number of nitrogens with two attached hydrogens (primary N) is 1. The lowest BCUT2D eigenvalue weighted by molar-refractivity contribution is -0.146. The Morgan fingerprint density at radius 2 is 1.95 bits per heavy atom. The molecule has 0 aliphatic rings. The molecule has 0 aliphatic heterocycles. The zero-order valence-corrected chi connectivity index (χ0v) is 12.9. The Morgan fingerprint density at radius 3 is 2.62 bits per heavy atom. The van der Waals surface area contributed by atoms with Crippen LogP contribution in [0.5, 0.6) is 11.5 Å². The molecule has 0 amide bonds. The second kappa shape index (κ2) is 10.0. The van der Waals surface area contributed by atoms with Crippen LogP contribution in [0, 0.1) is 0 Å². The molecule has 0 atom stereocenters. The highest BCUT2D eigenvalue weighted by Gasteiger charge is 2.09. The number of unbranched alkanes of at least 4 members (excludes halogenated alkanes) is 1. The van der Waals surface area contributed by atoms with Gasteiger partial charge < -0.3 is 19.9 Å². The molecule has 0 spiro atoms. The molecular formula is C16H25NO4. The Balaban J connectivity index is 2.56. The summed E-state index contributed by atoms with van der Waals surface area (Å²) in [5.41, 5.74) is 6.50. The number of hydrogen-bond donors (Lipinski definition) is 1. The van der Waals surface area contributed by atoms with Crippen molar-refractivity contribution < 1.29 is 19.0 Å². The van der Waals surface area contributed by atoms with Crippen LogP contribution >= 0.6 is 0 Å². The summed E-state index contributed by atoms with van der Waals surface area (Å²) < 4.78 is 16.1. The zero-order valence-electron chi connectivity index (χ0n) is 12.9. The van der Waals surface area contributed by atoms with Gasteiger partial charge in [0.05, 0.1) is 13.2 Å². The Kier molecular flexibility index (Phi) is 8.28. The minimum atomic E-state index is -0.369. The molecule has 1 aromatic carbocycles. The summed E-state index contributed by atoms with van der Waals surface area (Å²) in [5.74, 6) is 0.910. The molecule has 1 aromatic rings. The summed E-state index contributed by atoms with van der Waals surface area (Å²) in [4.78, 5) is 11.5. The molecule has 0 aliphatic carbocycles. The van der Waals surface area contributed by atoms with Crippen LogP contribution in [-0.4, -0.2) is 25.8 Å². The van der Waals surface area contributed by atoms with E-state index >= 15 is 0 Å². The van der Waals surface area contributed by atoms with E-state index in [1.165, 1.54) is 0 Å². The van der Waals surface area contributed by atoms with Gasteiger partial charge in [0, 0.05) is 18.2 Å². The summed E-state index contributed by atoms with van der Waals surface area (Å²) in [6, 6.07) is 5.46. The van der Waals surface area contributed by atoms with E-state index in [-0.39, 0.29) is 12.6 Å². The van der Waals surface area contributed by atoms with Gasteiger partial charge in [-0.3, -0.25) is 0 Å². The lowest BCUT2D eigenvalue weighted by Gasteiger charge is -2.12. The van der Waals surface area contributed by atoms with E-state index in [0.29, 0.717) is 31.3 Å². The average Bonchev–Trinajstić information content (AvgIpc) is 2.51. The maximum absolute atomic E-state index is 11.5. The second-order valence-corrected chi connectivity index (χ2v) is 4.68. The van der Waals surface area contributed by atoms with E-state index in [0.717, 1.165) is 24.8 Å². The molecular weight excluding hydrogens is 270 g/mol. The Bertz CT molecular complexity index is 434. The molecule has 5 nitrogen and oxygen atoms in total. The van der Waals surface area contributed by atoms with Gasteiger partial charge in [0.25, 0.3) is 0 Å². The van der Waals surface area contributed by atoms with Crippen molar-refractivity contribution in [3.05, 3.63) is 23.8 Å². The Hall–Kier alpha value is -1.75. The fraction of sp³-hybridized carbons (Fsp3) is 0.562. The highest BCUT2D eigenvalue weighted by Crippen LogP contribution is 2.25. The van der Waals surface area contributed by atoms with Crippen LogP contribution in [0.3, 0.4) is 0 Å². The van der Waals surface area contributed by atoms with Crippen molar-refractivity contribution in [2.45, 2.75) is 39.7 Å². The summed E-state index contributed by atoms with van der Waals surface area (Å²) in [6.45, 7) is 5.38. The van der Waals surface area contributed by atoms with Gasteiger partial charge in [-0.15, -0.1) is 0 Å². The van der Waals surface area contributed by atoms with Crippen LogP contribution in [0.25, 0.3) is 0 Å². The summed E-state index contributed by atoms with van der Waals surface area (Å²) in [7, 11) is 0. The first-order valence-corrected chi connectivity index (χ1v) is 7.45. The monoisotopic (exact) mass is 295 g/mol. The number of hydrogen-bond acceptors (Lipinski definition) is 5. The van der Waals surface area contributed by atoms with Gasteiger partial charge in [-0.1, -0.05) is 26.3 Å². The van der Waals surface area contributed by atoms with Crippen molar-refractivity contribution in [2.24, 2.45) is 5.73 Å². The molecule has 0 heterocycles.